The van der Waals surface area contributed by atoms with E-state index in [1.807, 2.05) is 6.92 Å². The summed E-state index contributed by atoms with van der Waals surface area (Å²) in [6, 6.07) is -0.174. The van der Waals surface area contributed by atoms with Crippen molar-refractivity contribution in [3.8, 4) is 0 Å². The van der Waals surface area contributed by atoms with Gasteiger partial charge in [-0.05, 0) is 12.3 Å². The van der Waals surface area contributed by atoms with E-state index >= 15 is 0 Å². The fourth-order valence-corrected chi connectivity index (χ4v) is 0.666. The summed E-state index contributed by atoms with van der Waals surface area (Å²) in [6.07, 6.45) is 0.688. The molecule has 0 fully saturated rings. The minimum absolute atomic E-state index is 0.00431. The van der Waals surface area contributed by atoms with Gasteiger partial charge in [-0.2, -0.15) is 0 Å². The summed E-state index contributed by atoms with van der Waals surface area (Å²) in [5.74, 6) is 0.201. The second-order valence-electron chi connectivity index (χ2n) is 2.47. The van der Waals surface area contributed by atoms with E-state index in [0.29, 0.717) is 6.42 Å². The van der Waals surface area contributed by atoms with Gasteiger partial charge in [-0.3, -0.25) is 0 Å². The number of aliphatic hydroxyl groups is 2. The van der Waals surface area contributed by atoms with Crippen LogP contribution in [0.25, 0.3) is 0 Å². The standard InChI is InChI=1S/C6H15NO2/c1-5(3-8)2-6(7)4-9/h5-6,8-9H,2-4,7H2,1H3/t5-,6+/m1/s1. The third-order valence-corrected chi connectivity index (χ3v) is 1.25. The molecule has 2 atom stereocenters. The molecule has 0 saturated heterocycles. The van der Waals surface area contributed by atoms with Crippen molar-refractivity contribution >= 4 is 0 Å². The molecule has 4 N–H and O–H groups in total. The summed E-state index contributed by atoms with van der Waals surface area (Å²) in [5.41, 5.74) is 5.39. The molecule has 0 aliphatic rings. The van der Waals surface area contributed by atoms with E-state index in [2.05, 4.69) is 0 Å². The largest absolute Gasteiger partial charge is 0.396 e. The van der Waals surface area contributed by atoms with Gasteiger partial charge in [0.25, 0.3) is 0 Å². The maximum absolute atomic E-state index is 8.54. The van der Waals surface area contributed by atoms with Gasteiger partial charge < -0.3 is 15.9 Å². The van der Waals surface area contributed by atoms with Crippen LogP contribution in [0.5, 0.6) is 0 Å². The van der Waals surface area contributed by atoms with Gasteiger partial charge in [0.2, 0.25) is 0 Å². The zero-order chi connectivity index (χ0) is 7.28. The molecule has 0 bridgehead atoms. The van der Waals surface area contributed by atoms with Crippen molar-refractivity contribution < 1.29 is 10.2 Å². The summed E-state index contributed by atoms with van der Waals surface area (Å²) in [4.78, 5) is 0. The molecular weight excluding hydrogens is 118 g/mol. The Morgan fingerprint density at radius 3 is 2.22 bits per heavy atom. The van der Waals surface area contributed by atoms with E-state index in [4.69, 9.17) is 15.9 Å². The van der Waals surface area contributed by atoms with Gasteiger partial charge >= 0.3 is 0 Å². The molecule has 9 heavy (non-hydrogen) atoms. The van der Waals surface area contributed by atoms with Crippen LogP contribution in [0.15, 0.2) is 0 Å². The van der Waals surface area contributed by atoms with Crippen LogP contribution in [0, 0.1) is 5.92 Å². The Kier molecular flexibility index (Phi) is 4.67. The number of aliphatic hydroxyl groups excluding tert-OH is 2. The summed E-state index contributed by atoms with van der Waals surface area (Å²) in [6.45, 7) is 2.05. The number of hydrogen-bond acceptors (Lipinski definition) is 3. The van der Waals surface area contributed by atoms with Gasteiger partial charge in [-0.15, -0.1) is 0 Å². The monoisotopic (exact) mass is 133 g/mol. The fourth-order valence-electron chi connectivity index (χ4n) is 0.666. The molecule has 56 valence electrons. The Balaban J connectivity index is 3.22. The second kappa shape index (κ2) is 4.73. The molecule has 0 rings (SSSR count). The first-order valence-corrected chi connectivity index (χ1v) is 3.18. The van der Waals surface area contributed by atoms with Crippen molar-refractivity contribution in [3.63, 3.8) is 0 Å². The van der Waals surface area contributed by atoms with E-state index in [0.717, 1.165) is 0 Å². The zero-order valence-corrected chi connectivity index (χ0v) is 5.75. The van der Waals surface area contributed by atoms with Crippen molar-refractivity contribution in [2.75, 3.05) is 13.2 Å². The number of hydrogen-bond donors (Lipinski definition) is 3. The van der Waals surface area contributed by atoms with E-state index < -0.39 is 0 Å². The first-order valence-electron chi connectivity index (χ1n) is 3.18. The SMILES string of the molecule is C[C@@H](CO)C[C@H](N)CO. The van der Waals surface area contributed by atoms with Crippen LogP contribution in [-0.4, -0.2) is 29.5 Å². The lowest BCUT2D eigenvalue weighted by molar-refractivity contribution is 0.198. The predicted octanol–water partition coefficient (Wildman–Crippen LogP) is -0.676. The average molecular weight is 133 g/mol. The van der Waals surface area contributed by atoms with Crippen LogP contribution in [0.1, 0.15) is 13.3 Å². The van der Waals surface area contributed by atoms with Gasteiger partial charge in [-0.25, -0.2) is 0 Å². The molecule has 0 spiro atoms. The molecule has 0 aliphatic carbocycles. The van der Waals surface area contributed by atoms with Gasteiger partial charge in [0.15, 0.2) is 0 Å². The second-order valence-corrected chi connectivity index (χ2v) is 2.47. The Hall–Kier alpha value is -0.120. The molecule has 3 heteroatoms. The number of rotatable bonds is 4. The van der Waals surface area contributed by atoms with Gasteiger partial charge in [0.1, 0.15) is 0 Å². The van der Waals surface area contributed by atoms with E-state index in [-0.39, 0.29) is 25.2 Å². The van der Waals surface area contributed by atoms with Crippen LogP contribution < -0.4 is 5.73 Å². The van der Waals surface area contributed by atoms with E-state index in [1.54, 1.807) is 0 Å². The summed E-state index contributed by atoms with van der Waals surface area (Å²) < 4.78 is 0. The van der Waals surface area contributed by atoms with Gasteiger partial charge in [-0.1, -0.05) is 6.92 Å². The smallest absolute Gasteiger partial charge is 0.0582 e. The lowest BCUT2D eigenvalue weighted by atomic mass is 10.0. The normalized spacial score (nSPS) is 17.3. The lowest BCUT2D eigenvalue weighted by Crippen LogP contribution is -2.27. The zero-order valence-electron chi connectivity index (χ0n) is 5.75. The first-order chi connectivity index (χ1) is 4.20. The van der Waals surface area contributed by atoms with E-state index in [9.17, 15) is 0 Å². The third kappa shape index (κ3) is 4.39. The molecule has 0 aromatic carbocycles. The van der Waals surface area contributed by atoms with E-state index in [1.165, 1.54) is 0 Å². The lowest BCUT2D eigenvalue weighted by Gasteiger charge is -2.11. The highest BCUT2D eigenvalue weighted by Crippen LogP contribution is 2.01. The third-order valence-electron chi connectivity index (χ3n) is 1.25. The summed E-state index contributed by atoms with van der Waals surface area (Å²) >= 11 is 0. The van der Waals surface area contributed by atoms with Gasteiger partial charge in [0, 0.05) is 12.6 Å². The van der Waals surface area contributed by atoms with Crippen LogP contribution >= 0.6 is 0 Å². The highest BCUT2D eigenvalue weighted by Gasteiger charge is 2.05. The molecule has 0 unspecified atom stereocenters. The molecule has 0 aliphatic heterocycles. The van der Waals surface area contributed by atoms with Crippen LogP contribution in [0.2, 0.25) is 0 Å². The quantitative estimate of drug-likeness (QED) is 0.476. The minimum atomic E-state index is -0.174. The maximum atomic E-state index is 8.54. The molecule has 0 saturated carbocycles. The predicted molar refractivity (Wildman–Crippen MR) is 35.9 cm³/mol. The highest BCUT2D eigenvalue weighted by atomic mass is 16.3. The van der Waals surface area contributed by atoms with Crippen molar-refractivity contribution in [1.29, 1.82) is 0 Å². The van der Waals surface area contributed by atoms with Crippen LogP contribution in [-0.2, 0) is 0 Å². The number of nitrogens with two attached hydrogens (primary N) is 1. The van der Waals surface area contributed by atoms with Gasteiger partial charge in [0.05, 0.1) is 6.61 Å². The Bertz CT molecular complexity index is 60.1. The van der Waals surface area contributed by atoms with Crippen molar-refractivity contribution in [1.82, 2.24) is 0 Å². The summed E-state index contributed by atoms with van der Waals surface area (Å²) in [5, 5.41) is 17.0. The van der Waals surface area contributed by atoms with Crippen LogP contribution in [0.4, 0.5) is 0 Å². The Labute approximate surface area is 55.5 Å². The Morgan fingerprint density at radius 1 is 1.33 bits per heavy atom. The molecule has 0 aromatic heterocycles. The average Bonchev–Trinajstić information content (AvgIpc) is 1.87. The Morgan fingerprint density at radius 2 is 1.89 bits per heavy atom. The highest BCUT2D eigenvalue weighted by molar-refractivity contribution is 4.62. The topological polar surface area (TPSA) is 66.5 Å². The summed E-state index contributed by atoms with van der Waals surface area (Å²) in [7, 11) is 0. The van der Waals surface area contributed by atoms with Crippen LogP contribution in [0.3, 0.4) is 0 Å². The molecule has 0 aromatic rings. The van der Waals surface area contributed by atoms with Crippen molar-refractivity contribution in [2.24, 2.45) is 11.7 Å². The minimum Gasteiger partial charge on any atom is -0.396 e. The first kappa shape index (κ1) is 8.88. The molecule has 0 heterocycles. The molecule has 0 amide bonds. The van der Waals surface area contributed by atoms with Crippen molar-refractivity contribution in [2.45, 2.75) is 19.4 Å². The van der Waals surface area contributed by atoms with Crippen molar-refractivity contribution in [3.05, 3.63) is 0 Å². The molecule has 3 nitrogen and oxygen atoms in total. The maximum Gasteiger partial charge on any atom is 0.0582 e. The fraction of sp³-hybridized carbons (Fsp3) is 1.00. The molecular formula is C6H15NO2. The molecule has 0 radical (unpaired) electrons.